The summed E-state index contributed by atoms with van der Waals surface area (Å²) in [7, 11) is 0. The second-order valence-corrected chi connectivity index (χ2v) is 9.13. The quantitative estimate of drug-likeness (QED) is 0.183. The first-order chi connectivity index (χ1) is 17.0. The molecule has 1 aromatic carbocycles. The number of H-pyrrole nitrogens is 1. The van der Waals surface area contributed by atoms with Crippen molar-refractivity contribution in [2.24, 2.45) is 0 Å². The second-order valence-electron chi connectivity index (χ2n) is 9.13. The Morgan fingerprint density at radius 1 is 1.20 bits per heavy atom. The summed E-state index contributed by atoms with van der Waals surface area (Å²) < 4.78 is 8.30. The van der Waals surface area contributed by atoms with E-state index in [4.69, 9.17) is 15.3 Å². The van der Waals surface area contributed by atoms with E-state index in [1.165, 1.54) is 4.57 Å². The molecule has 0 spiro atoms. The lowest BCUT2D eigenvalue weighted by Crippen LogP contribution is -2.44. The molecule has 10 nitrogen and oxygen atoms in total. The van der Waals surface area contributed by atoms with E-state index in [1.807, 2.05) is 30.3 Å². The highest BCUT2D eigenvalue weighted by Crippen LogP contribution is 2.38. The summed E-state index contributed by atoms with van der Waals surface area (Å²) in [5.74, 6) is 2.18. The van der Waals surface area contributed by atoms with Crippen LogP contribution in [-0.2, 0) is 19.4 Å². The molecule has 3 N–H and O–H groups in total. The van der Waals surface area contributed by atoms with E-state index < -0.39 is 5.56 Å². The van der Waals surface area contributed by atoms with E-state index in [1.54, 1.807) is 4.57 Å². The largest absolute Gasteiger partial charge is 0.339 e. The zero-order chi connectivity index (χ0) is 24.4. The van der Waals surface area contributed by atoms with Crippen LogP contribution in [-0.4, -0.2) is 35.1 Å². The fourth-order valence-electron chi connectivity index (χ4n) is 4.27. The molecule has 0 saturated heterocycles. The number of rotatable bonds is 10. The number of fused-ring (bicyclic) bond motifs is 1. The summed E-state index contributed by atoms with van der Waals surface area (Å²) in [6.45, 7) is 2.71. The Balaban J connectivity index is 1.38. The van der Waals surface area contributed by atoms with E-state index >= 15 is 0 Å². The van der Waals surface area contributed by atoms with Gasteiger partial charge in [0.1, 0.15) is 17.2 Å². The maximum atomic E-state index is 13.3. The van der Waals surface area contributed by atoms with E-state index in [0.717, 1.165) is 43.5 Å². The number of benzene rings is 1. The maximum Gasteiger partial charge on any atom is 0.286 e. The lowest BCUT2D eigenvalue weighted by molar-refractivity contribution is 0.375. The van der Waals surface area contributed by atoms with Gasteiger partial charge in [-0.15, -0.1) is 0 Å². The molecule has 4 aromatic rings. The fraction of sp³-hybridized carbons (Fsp3) is 0.440. The Kier molecular flexibility index (Phi) is 6.43. The molecule has 0 amide bonds. The van der Waals surface area contributed by atoms with Crippen LogP contribution in [0.4, 0.5) is 0 Å². The topological polar surface area (TPSA) is 142 Å². The summed E-state index contributed by atoms with van der Waals surface area (Å²) in [6, 6.07) is 9.90. The van der Waals surface area contributed by atoms with E-state index in [-0.39, 0.29) is 17.9 Å². The molecule has 10 heteroatoms. The average molecular weight is 475 g/mol. The minimum atomic E-state index is -0.406. The number of hydrogen-bond donors (Lipinski definition) is 3. The van der Waals surface area contributed by atoms with Crippen LogP contribution in [0.25, 0.3) is 11.2 Å². The number of nitrogens with one attached hydrogen (secondary N) is 3. The van der Waals surface area contributed by atoms with Gasteiger partial charge >= 0.3 is 0 Å². The van der Waals surface area contributed by atoms with Crippen molar-refractivity contribution in [1.82, 2.24) is 29.2 Å². The molecule has 5 rings (SSSR count). The van der Waals surface area contributed by atoms with Gasteiger partial charge in [-0.2, -0.15) is 4.98 Å². The predicted octanol–water partition coefficient (Wildman–Crippen LogP) is 3.51. The van der Waals surface area contributed by atoms with Crippen molar-refractivity contribution < 1.29 is 4.52 Å². The lowest BCUT2D eigenvalue weighted by Gasteiger charge is -2.13. The first-order valence-electron chi connectivity index (χ1n) is 12.3. The number of hydrogen-bond acceptors (Lipinski definition) is 7. The van der Waals surface area contributed by atoms with Gasteiger partial charge < -0.3 is 9.51 Å². The van der Waals surface area contributed by atoms with Crippen LogP contribution in [0.1, 0.15) is 74.5 Å². The van der Waals surface area contributed by atoms with Crippen LogP contribution < -0.4 is 11.2 Å². The van der Waals surface area contributed by atoms with Crippen LogP contribution in [0, 0.1) is 10.8 Å². The van der Waals surface area contributed by atoms with Crippen LogP contribution in [0.2, 0.25) is 0 Å². The first-order valence-corrected chi connectivity index (χ1v) is 12.3. The molecule has 0 unspecified atom stereocenters. The third-order valence-electron chi connectivity index (χ3n) is 6.35. The van der Waals surface area contributed by atoms with Gasteiger partial charge in [-0.1, -0.05) is 55.3 Å². The van der Waals surface area contributed by atoms with Crippen molar-refractivity contribution >= 4 is 17.0 Å². The molecule has 182 valence electrons. The number of aromatic nitrogens is 6. The highest BCUT2D eigenvalue weighted by atomic mass is 16.5. The number of nitrogens with zero attached hydrogens (tertiary/aromatic N) is 5. The zero-order valence-electron chi connectivity index (χ0n) is 19.9. The van der Waals surface area contributed by atoms with Gasteiger partial charge in [-0.3, -0.25) is 20.2 Å². The molecule has 0 aliphatic heterocycles. The number of aromatic amines is 1. The normalized spacial score (nSPS) is 13.5. The standard InChI is InChI=1S/C25H30N8O2/c1-2-3-7-14-32-23-21(29-22(30-23)17-10-11-17)24(34)33(25(32)27)18(26)12-13-20-28-19(31-35-20)15-16-8-5-4-6-9-16/h4-6,8-9,17,26-27H,2-3,7,10-15H2,1H3,(H,29,30). The minimum Gasteiger partial charge on any atom is -0.339 e. The molecule has 0 bridgehead atoms. The monoisotopic (exact) mass is 474 g/mol. The van der Waals surface area contributed by atoms with Crippen molar-refractivity contribution in [2.45, 2.75) is 70.8 Å². The van der Waals surface area contributed by atoms with Gasteiger partial charge in [0, 0.05) is 31.7 Å². The zero-order valence-corrected chi connectivity index (χ0v) is 19.9. The van der Waals surface area contributed by atoms with Gasteiger partial charge in [0.05, 0.1) is 0 Å². The molecule has 0 radical (unpaired) electrons. The van der Waals surface area contributed by atoms with Crippen LogP contribution in [0.3, 0.4) is 0 Å². The molecule has 35 heavy (non-hydrogen) atoms. The molecule has 1 aliphatic carbocycles. The fourth-order valence-corrected chi connectivity index (χ4v) is 4.27. The average Bonchev–Trinajstić information content (AvgIpc) is 3.45. The molecular weight excluding hydrogens is 444 g/mol. The summed E-state index contributed by atoms with van der Waals surface area (Å²) in [5.41, 5.74) is 1.55. The van der Waals surface area contributed by atoms with E-state index in [9.17, 15) is 4.79 Å². The molecule has 1 fully saturated rings. The SMILES string of the molecule is CCCCCn1c(=N)n(C(=N)CCc2nc(Cc3ccccc3)no2)c(=O)c2[nH]c(C3CC3)nc21. The van der Waals surface area contributed by atoms with Crippen molar-refractivity contribution in [3.63, 3.8) is 0 Å². The summed E-state index contributed by atoms with van der Waals surface area (Å²) in [5, 5.41) is 21.4. The Bertz CT molecular complexity index is 1460. The Hall–Kier alpha value is -3.82. The van der Waals surface area contributed by atoms with Gasteiger partial charge in [-0.25, -0.2) is 9.55 Å². The van der Waals surface area contributed by atoms with Gasteiger partial charge in [0.2, 0.25) is 11.5 Å². The van der Waals surface area contributed by atoms with Gasteiger partial charge in [0.15, 0.2) is 11.5 Å². The summed E-state index contributed by atoms with van der Waals surface area (Å²) >= 11 is 0. The van der Waals surface area contributed by atoms with Gasteiger partial charge in [0.25, 0.3) is 5.56 Å². The minimum absolute atomic E-state index is 0.0206. The Morgan fingerprint density at radius 3 is 2.74 bits per heavy atom. The van der Waals surface area contributed by atoms with Crippen molar-refractivity contribution in [1.29, 1.82) is 10.8 Å². The van der Waals surface area contributed by atoms with E-state index in [2.05, 4.69) is 27.0 Å². The third-order valence-corrected chi connectivity index (χ3v) is 6.35. The third kappa shape index (κ3) is 4.87. The lowest BCUT2D eigenvalue weighted by atomic mass is 10.1. The highest BCUT2D eigenvalue weighted by Gasteiger charge is 2.28. The van der Waals surface area contributed by atoms with Crippen LogP contribution in [0.15, 0.2) is 39.6 Å². The molecule has 3 aromatic heterocycles. The van der Waals surface area contributed by atoms with E-state index in [0.29, 0.717) is 48.2 Å². The molecule has 0 atom stereocenters. The number of unbranched alkanes of at least 4 members (excludes halogenated alkanes) is 2. The predicted molar refractivity (Wildman–Crippen MR) is 131 cm³/mol. The Morgan fingerprint density at radius 2 is 2.00 bits per heavy atom. The summed E-state index contributed by atoms with van der Waals surface area (Å²) in [6.07, 6.45) is 6.15. The number of aryl methyl sites for hydroxylation is 2. The molecule has 1 aliphatic rings. The smallest absolute Gasteiger partial charge is 0.286 e. The van der Waals surface area contributed by atoms with Crippen molar-refractivity contribution in [3.8, 4) is 0 Å². The van der Waals surface area contributed by atoms with Crippen molar-refractivity contribution in [2.75, 3.05) is 0 Å². The molecule has 1 saturated carbocycles. The first kappa shape index (κ1) is 22.9. The van der Waals surface area contributed by atoms with Crippen LogP contribution in [0.5, 0.6) is 0 Å². The van der Waals surface area contributed by atoms with Crippen molar-refractivity contribution in [3.05, 3.63) is 69.4 Å². The maximum absolute atomic E-state index is 13.3. The van der Waals surface area contributed by atoms with Gasteiger partial charge in [-0.05, 0) is 24.8 Å². The molecular formula is C25H30N8O2. The molecule has 3 heterocycles. The highest BCUT2D eigenvalue weighted by molar-refractivity contribution is 5.83. The second kappa shape index (κ2) is 9.81. The summed E-state index contributed by atoms with van der Waals surface area (Å²) in [4.78, 5) is 25.6. The Labute approximate surface area is 202 Å². The van der Waals surface area contributed by atoms with Crippen LogP contribution >= 0.6 is 0 Å². The number of imidazole rings is 1.